The number of carbonyl (C=O) groups excluding carboxylic acids is 3. The average molecular weight is 429 g/mol. The van der Waals surface area contributed by atoms with Gasteiger partial charge in [0.15, 0.2) is 16.9 Å². The van der Waals surface area contributed by atoms with Gasteiger partial charge in [0.05, 0.1) is 29.2 Å². The molecule has 0 radical (unpaired) electrons. The molecule has 2 amide bonds. The maximum absolute atomic E-state index is 12.5. The summed E-state index contributed by atoms with van der Waals surface area (Å²) >= 11 is 0. The fourth-order valence-electron chi connectivity index (χ4n) is 3.57. The third-order valence-electron chi connectivity index (χ3n) is 5.11. The lowest BCUT2D eigenvalue weighted by atomic mass is 10.1. The molecule has 158 valence electrons. The number of imide groups is 1. The normalized spacial score (nSPS) is 12.9. The first-order valence-corrected chi connectivity index (χ1v) is 9.79. The molecule has 0 saturated carbocycles. The van der Waals surface area contributed by atoms with E-state index in [1.165, 1.54) is 30.5 Å². The third kappa shape index (κ3) is 3.37. The average Bonchev–Trinajstić information content (AvgIpc) is 3.41. The van der Waals surface area contributed by atoms with Crippen molar-refractivity contribution in [2.75, 3.05) is 6.54 Å². The highest BCUT2D eigenvalue weighted by atomic mass is 16.5. The van der Waals surface area contributed by atoms with Crippen LogP contribution in [0, 0.1) is 0 Å². The van der Waals surface area contributed by atoms with Crippen molar-refractivity contribution in [1.82, 2.24) is 4.90 Å². The van der Waals surface area contributed by atoms with E-state index in [9.17, 15) is 19.2 Å². The molecule has 4 aromatic rings. The Labute approximate surface area is 180 Å². The quantitative estimate of drug-likeness (QED) is 0.271. The smallest absolute Gasteiger partial charge is 0.312 e. The van der Waals surface area contributed by atoms with Crippen molar-refractivity contribution in [2.45, 2.75) is 6.42 Å². The Bertz CT molecular complexity index is 1400. The summed E-state index contributed by atoms with van der Waals surface area (Å²) in [5.41, 5.74) is 0.637. The number of esters is 1. The molecule has 8 heteroatoms. The van der Waals surface area contributed by atoms with Crippen LogP contribution in [0.1, 0.15) is 27.1 Å². The Morgan fingerprint density at radius 1 is 0.875 bits per heavy atom. The van der Waals surface area contributed by atoms with Gasteiger partial charge in [-0.15, -0.1) is 0 Å². The van der Waals surface area contributed by atoms with E-state index in [2.05, 4.69) is 0 Å². The van der Waals surface area contributed by atoms with E-state index in [0.717, 1.165) is 4.90 Å². The Morgan fingerprint density at radius 3 is 2.31 bits per heavy atom. The van der Waals surface area contributed by atoms with Crippen molar-refractivity contribution >= 4 is 28.8 Å². The van der Waals surface area contributed by atoms with Crippen LogP contribution in [-0.2, 0) is 4.79 Å². The second kappa shape index (κ2) is 7.66. The maximum atomic E-state index is 12.5. The molecule has 0 unspecified atom stereocenters. The number of amides is 2. The summed E-state index contributed by atoms with van der Waals surface area (Å²) < 4.78 is 16.3. The summed E-state index contributed by atoms with van der Waals surface area (Å²) in [7, 11) is 0. The van der Waals surface area contributed by atoms with Gasteiger partial charge in [-0.1, -0.05) is 12.1 Å². The van der Waals surface area contributed by atoms with E-state index in [-0.39, 0.29) is 35.3 Å². The topological polar surface area (TPSA) is 107 Å². The predicted octanol–water partition coefficient (Wildman–Crippen LogP) is 3.64. The summed E-state index contributed by atoms with van der Waals surface area (Å²) in [6.45, 7) is -0.104. The summed E-state index contributed by atoms with van der Waals surface area (Å²) in [6, 6.07) is 15.6. The summed E-state index contributed by atoms with van der Waals surface area (Å²) in [4.78, 5) is 50.6. The van der Waals surface area contributed by atoms with Crippen molar-refractivity contribution in [3.63, 3.8) is 0 Å². The van der Waals surface area contributed by atoms with Gasteiger partial charge in [0, 0.05) is 12.6 Å². The highest BCUT2D eigenvalue weighted by Gasteiger charge is 2.35. The van der Waals surface area contributed by atoms with Gasteiger partial charge in [0.2, 0.25) is 0 Å². The van der Waals surface area contributed by atoms with Crippen LogP contribution in [0.4, 0.5) is 0 Å². The zero-order valence-electron chi connectivity index (χ0n) is 16.6. The molecule has 0 fully saturated rings. The number of ether oxygens (including phenoxy) is 1. The standard InChI is InChI=1S/C24H15NO7/c26-18-13-21(20-6-3-11-30-20)32-19-8-7-14(12-17(18)19)31-22(27)9-10-25-23(28)15-4-1-2-5-16(15)24(25)29/h1-8,11-13H,9-10H2. The van der Waals surface area contributed by atoms with E-state index < -0.39 is 17.8 Å². The Morgan fingerprint density at radius 2 is 1.62 bits per heavy atom. The molecule has 1 aliphatic rings. The molecule has 3 heterocycles. The van der Waals surface area contributed by atoms with Crippen LogP contribution in [-0.4, -0.2) is 29.2 Å². The minimum Gasteiger partial charge on any atom is -0.461 e. The van der Waals surface area contributed by atoms with E-state index in [0.29, 0.717) is 22.5 Å². The number of fused-ring (bicyclic) bond motifs is 2. The van der Waals surface area contributed by atoms with E-state index in [4.69, 9.17) is 13.6 Å². The number of benzene rings is 2. The van der Waals surface area contributed by atoms with Gasteiger partial charge in [0.25, 0.3) is 11.8 Å². The summed E-state index contributed by atoms with van der Waals surface area (Å²) in [5.74, 6) is -0.644. The van der Waals surface area contributed by atoms with Crippen LogP contribution in [0.2, 0.25) is 0 Å². The van der Waals surface area contributed by atoms with Crippen molar-refractivity contribution in [3.05, 3.63) is 88.3 Å². The molecule has 0 saturated heterocycles. The highest BCUT2D eigenvalue weighted by molar-refractivity contribution is 6.21. The number of rotatable bonds is 5. The molecular formula is C24H15NO7. The molecular weight excluding hydrogens is 414 g/mol. The molecule has 2 aromatic carbocycles. The summed E-state index contributed by atoms with van der Waals surface area (Å²) in [5, 5.41) is 0.242. The first-order chi connectivity index (χ1) is 15.5. The predicted molar refractivity (Wildman–Crippen MR) is 112 cm³/mol. The van der Waals surface area contributed by atoms with Crippen LogP contribution in [0.25, 0.3) is 22.5 Å². The molecule has 5 rings (SSSR count). The van der Waals surface area contributed by atoms with Crippen LogP contribution >= 0.6 is 0 Å². The number of nitrogens with zero attached hydrogens (tertiary/aromatic N) is 1. The van der Waals surface area contributed by atoms with Crippen LogP contribution in [0.5, 0.6) is 5.75 Å². The Balaban J connectivity index is 1.29. The molecule has 1 aliphatic heterocycles. The molecule has 8 nitrogen and oxygen atoms in total. The molecule has 2 aromatic heterocycles. The SMILES string of the molecule is O=C(CCN1C(=O)c2ccccc2C1=O)Oc1ccc2oc(-c3ccco3)cc(=O)c2c1. The minimum absolute atomic E-state index is 0.104. The highest BCUT2D eigenvalue weighted by Crippen LogP contribution is 2.26. The van der Waals surface area contributed by atoms with Gasteiger partial charge in [-0.25, -0.2) is 0 Å². The lowest BCUT2D eigenvalue weighted by Crippen LogP contribution is -2.32. The molecule has 0 aliphatic carbocycles. The van der Waals surface area contributed by atoms with Crippen molar-refractivity contribution in [2.24, 2.45) is 0 Å². The van der Waals surface area contributed by atoms with Crippen LogP contribution < -0.4 is 10.2 Å². The van der Waals surface area contributed by atoms with E-state index in [1.54, 1.807) is 36.4 Å². The second-order valence-electron chi connectivity index (χ2n) is 7.14. The Kier molecular flexibility index (Phi) is 4.67. The fraction of sp³-hybridized carbons (Fsp3) is 0.0833. The third-order valence-corrected chi connectivity index (χ3v) is 5.11. The van der Waals surface area contributed by atoms with Gasteiger partial charge < -0.3 is 13.6 Å². The zero-order chi connectivity index (χ0) is 22.2. The number of hydrogen-bond donors (Lipinski definition) is 0. The van der Waals surface area contributed by atoms with Gasteiger partial charge in [-0.3, -0.25) is 24.1 Å². The Hall–Kier alpha value is -4.46. The van der Waals surface area contributed by atoms with Crippen molar-refractivity contribution < 1.29 is 28.0 Å². The maximum Gasteiger partial charge on any atom is 0.312 e. The number of carbonyl (C=O) groups is 3. The van der Waals surface area contributed by atoms with Gasteiger partial charge >= 0.3 is 5.97 Å². The van der Waals surface area contributed by atoms with Crippen molar-refractivity contribution in [3.8, 4) is 17.3 Å². The minimum atomic E-state index is -0.641. The first-order valence-electron chi connectivity index (χ1n) is 9.79. The lowest BCUT2D eigenvalue weighted by molar-refractivity contribution is -0.134. The van der Waals surface area contributed by atoms with E-state index in [1.807, 2.05) is 0 Å². The number of furan rings is 1. The molecule has 0 bridgehead atoms. The van der Waals surface area contributed by atoms with Crippen LogP contribution in [0.15, 0.2) is 80.6 Å². The zero-order valence-corrected chi connectivity index (χ0v) is 16.6. The van der Waals surface area contributed by atoms with Gasteiger partial charge in [-0.05, 0) is 42.5 Å². The van der Waals surface area contributed by atoms with Crippen molar-refractivity contribution in [1.29, 1.82) is 0 Å². The van der Waals surface area contributed by atoms with Gasteiger partial charge in [0.1, 0.15) is 11.3 Å². The monoisotopic (exact) mass is 429 g/mol. The number of hydrogen-bond acceptors (Lipinski definition) is 7. The summed E-state index contributed by atoms with van der Waals surface area (Å²) in [6.07, 6.45) is 1.29. The fourth-order valence-corrected chi connectivity index (χ4v) is 3.57. The largest absolute Gasteiger partial charge is 0.461 e. The van der Waals surface area contributed by atoms with E-state index >= 15 is 0 Å². The van der Waals surface area contributed by atoms with Gasteiger partial charge in [-0.2, -0.15) is 0 Å². The molecule has 0 spiro atoms. The lowest BCUT2D eigenvalue weighted by Gasteiger charge is -2.13. The first kappa shape index (κ1) is 19.5. The molecule has 0 atom stereocenters. The molecule has 32 heavy (non-hydrogen) atoms. The second-order valence-corrected chi connectivity index (χ2v) is 7.14. The van der Waals surface area contributed by atoms with Crippen LogP contribution in [0.3, 0.4) is 0 Å². The molecule has 0 N–H and O–H groups in total.